The first-order valence-corrected chi connectivity index (χ1v) is 5.08. The van der Waals surface area contributed by atoms with Crippen LogP contribution in [0.4, 0.5) is 0 Å². The monoisotopic (exact) mass is 194 g/mol. The minimum Gasteiger partial charge on any atom is -0.393 e. The third-order valence-electron chi connectivity index (χ3n) is 3.21. The highest BCUT2D eigenvalue weighted by atomic mass is 16.6. The number of allylic oxidation sites excluding steroid dienone is 2. The van der Waals surface area contributed by atoms with Gasteiger partial charge in [-0.25, -0.2) is 0 Å². The van der Waals surface area contributed by atoms with E-state index in [-0.39, 0.29) is 29.7 Å². The molecule has 0 radical (unpaired) electrons. The molecule has 1 fully saturated rings. The van der Waals surface area contributed by atoms with Gasteiger partial charge in [0.25, 0.3) is 0 Å². The Balaban J connectivity index is 2.30. The van der Waals surface area contributed by atoms with Crippen molar-refractivity contribution < 1.29 is 14.3 Å². The lowest BCUT2D eigenvalue weighted by atomic mass is 9.75. The summed E-state index contributed by atoms with van der Waals surface area (Å²) in [4.78, 5) is 22.7. The zero-order chi connectivity index (χ0) is 10.3. The van der Waals surface area contributed by atoms with E-state index in [4.69, 9.17) is 0 Å². The van der Waals surface area contributed by atoms with Gasteiger partial charge >= 0.3 is 11.9 Å². The summed E-state index contributed by atoms with van der Waals surface area (Å²) in [6, 6.07) is 0. The second kappa shape index (κ2) is 3.23. The van der Waals surface area contributed by atoms with Crippen molar-refractivity contribution in [2.45, 2.75) is 26.7 Å². The van der Waals surface area contributed by atoms with Gasteiger partial charge in [0.1, 0.15) is 0 Å². The largest absolute Gasteiger partial charge is 0.393 e. The number of rotatable bonds is 1. The molecule has 0 bridgehead atoms. The van der Waals surface area contributed by atoms with Crippen LogP contribution >= 0.6 is 0 Å². The van der Waals surface area contributed by atoms with Crippen LogP contribution in [-0.2, 0) is 14.3 Å². The fourth-order valence-electron chi connectivity index (χ4n) is 2.43. The molecule has 1 aliphatic heterocycles. The predicted octanol–water partition coefficient (Wildman–Crippen LogP) is 1.68. The second-order valence-corrected chi connectivity index (χ2v) is 4.11. The average molecular weight is 194 g/mol. The summed E-state index contributed by atoms with van der Waals surface area (Å²) in [6.07, 6.45) is 3.77. The van der Waals surface area contributed by atoms with Crippen LogP contribution < -0.4 is 0 Å². The molecule has 3 unspecified atom stereocenters. The molecule has 3 atom stereocenters. The maximum Gasteiger partial charge on any atom is 0.318 e. The third kappa shape index (κ3) is 1.27. The number of fused-ring (bicyclic) bond motifs is 1. The SMILES string of the molecule is CCC1=CC(C)C2C(=O)OC(=O)C2C1. The summed E-state index contributed by atoms with van der Waals surface area (Å²) in [5, 5.41) is 0. The Hall–Kier alpha value is -1.12. The first-order chi connectivity index (χ1) is 6.63. The molecule has 3 heteroatoms. The van der Waals surface area contributed by atoms with Crippen molar-refractivity contribution in [1.29, 1.82) is 0 Å². The Kier molecular flexibility index (Phi) is 2.17. The van der Waals surface area contributed by atoms with E-state index in [0.717, 1.165) is 6.42 Å². The van der Waals surface area contributed by atoms with E-state index in [1.807, 2.05) is 6.92 Å². The molecule has 14 heavy (non-hydrogen) atoms. The van der Waals surface area contributed by atoms with Crippen LogP contribution in [-0.4, -0.2) is 11.9 Å². The Bertz CT molecular complexity index is 316. The molecule has 0 spiro atoms. The molecule has 0 aromatic heterocycles. The van der Waals surface area contributed by atoms with Crippen LogP contribution in [0.5, 0.6) is 0 Å². The van der Waals surface area contributed by atoms with Crippen molar-refractivity contribution in [3.63, 3.8) is 0 Å². The second-order valence-electron chi connectivity index (χ2n) is 4.11. The van der Waals surface area contributed by atoms with Crippen LogP contribution in [0.1, 0.15) is 26.7 Å². The van der Waals surface area contributed by atoms with E-state index < -0.39 is 0 Å². The Morgan fingerprint density at radius 1 is 1.43 bits per heavy atom. The van der Waals surface area contributed by atoms with E-state index in [0.29, 0.717) is 6.42 Å². The molecule has 0 amide bonds. The summed E-state index contributed by atoms with van der Waals surface area (Å²) in [6.45, 7) is 4.05. The van der Waals surface area contributed by atoms with Gasteiger partial charge in [0.15, 0.2) is 0 Å². The number of hydrogen-bond acceptors (Lipinski definition) is 3. The molecule has 0 N–H and O–H groups in total. The molecule has 0 aromatic carbocycles. The molecular formula is C11H14O3. The van der Waals surface area contributed by atoms with E-state index in [1.54, 1.807) is 0 Å². The number of cyclic esters (lactones) is 2. The van der Waals surface area contributed by atoms with Crippen molar-refractivity contribution in [2.75, 3.05) is 0 Å². The molecule has 0 aromatic rings. The molecule has 3 nitrogen and oxygen atoms in total. The highest BCUT2D eigenvalue weighted by Crippen LogP contribution is 2.40. The van der Waals surface area contributed by atoms with E-state index in [2.05, 4.69) is 17.7 Å². The Labute approximate surface area is 83.1 Å². The lowest BCUT2D eigenvalue weighted by Crippen LogP contribution is -2.27. The van der Waals surface area contributed by atoms with Crippen molar-refractivity contribution >= 4 is 11.9 Å². The van der Waals surface area contributed by atoms with Crippen LogP contribution in [0.15, 0.2) is 11.6 Å². The molecule has 1 aliphatic carbocycles. The van der Waals surface area contributed by atoms with Gasteiger partial charge in [-0.3, -0.25) is 9.59 Å². The van der Waals surface area contributed by atoms with Gasteiger partial charge in [-0.05, 0) is 18.8 Å². The van der Waals surface area contributed by atoms with Gasteiger partial charge in [0.2, 0.25) is 0 Å². The molecule has 1 saturated heterocycles. The maximum absolute atomic E-state index is 11.4. The van der Waals surface area contributed by atoms with Gasteiger partial charge in [0, 0.05) is 0 Å². The van der Waals surface area contributed by atoms with Gasteiger partial charge < -0.3 is 4.74 Å². The number of hydrogen-bond donors (Lipinski definition) is 0. The van der Waals surface area contributed by atoms with Crippen LogP contribution in [0.25, 0.3) is 0 Å². The summed E-state index contributed by atoms with van der Waals surface area (Å²) < 4.78 is 4.66. The van der Waals surface area contributed by atoms with E-state index >= 15 is 0 Å². The highest BCUT2D eigenvalue weighted by molar-refractivity contribution is 5.97. The van der Waals surface area contributed by atoms with Crippen LogP contribution in [0.2, 0.25) is 0 Å². The molecule has 76 valence electrons. The quantitative estimate of drug-likeness (QED) is 0.362. The average Bonchev–Trinajstić information content (AvgIpc) is 2.42. The lowest BCUT2D eigenvalue weighted by Gasteiger charge is -2.25. The van der Waals surface area contributed by atoms with Crippen molar-refractivity contribution in [1.82, 2.24) is 0 Å². The number of esters is 2. The van der Waals surface area contributed by atoms with Gasteiger partial charge in [-0.15, -0.1) is 0 Å². The maximum atomic E-state index is 11.4. The molecule has 1 heterocycles. The summed E-state index contributed by atoms with van der Waals surface area (Å²) >= 11 is 0. The number of ether oxygens (including phenoxy) is 1. The standard InChI is InChI=1S/C11H14O3/c1-3-7-4-6(2)9-8(5-7)10(12)14-11(9)13/h4,6,8-9H,3,5H2,1-2H3. The molecule has 0 saturated carbocycles. The van der Waals surface area contributed by atoms with Gasteiger partial charge in [0.05, 0.1) is 11.8 Å². The topological polar surface area (TPSA) is 43.4 Å². The summed E-state index contributed by atoms with van der Waals surface area (Å²) in [5.41, 5.74) is 1.27. The summed E-state index contributed by atoms with van der Waals surface area (Å²) in [5.74, 6) is -0.956. The van der Waals surface area contributed by atoms with E-state index in [9.17, 15) is 9.59 Å². The molecule has 2 rings (SSSR count). The zero-order valence-electron chi connectivity index (χ0n) is 8.45. The van der Waals surface area contributed by atoms with Crippen molar-refractivity contribution in [2.24, 2.45) is 17.8 Å². The first kappa shape index (κ1) is 9.44. The summed E-state index contributed by atoms with van der Waals surface area (Å²) in [7, 11) is 0. The fraction of sp³-hybridized carbons (Fsp3) is 0.636. The highest BCUT2D eigenvalue weighted by Gasteiger charge is 2.48. The Morgan fingerprint density at radius 3 is 2.79 bits per heavy atom. The predicted molar refractivity (Wildman–Crippen MR) is 50.2 cm³/mol. The minimum atomic E-state index is -0.334. The van der Waals surface area contributed by atoms with Gasteiger partial charge in [-0.1, -0.05) is 25.5 Å². The fourth-order valence-corrected chi connectivity index (χ4v) is 2.43. The van der Waals surface area contributed by atoms with Crippen molar-refractivity contribution in [3.8, 4) is 0 Å². The van der Waals surface area contributed by atoms with Crippen LogP contribution in [0.3, 0.4) is 0 Å². The van der Waals surface area contributed by atoms with Crippen molar-refractivity contribution in [3.05, 3.63) is 11.6 Å². The zero-order valence-corrected chi connectivity index (χ0v) is 8.45. The normalized spacial score (nSPS) is 36.4. The number of carbonyl (C=O) groups is 2. The smallest absolute Gasteiger partial charge is 0.318 e. The lowest BCUT2D eigenvalue weighted by molar-refractivity contribution is -0.153. The number of carbonyl (C=O) groups excluding carboxylic acids is 2. The van der Waals surface area contributed by atoms with Crippen LogP contribution in [0, 0.1) is 17.8 Å². The Morgan fingerprint density at radius 2 is 2.14 bits per heavy atom. The van der Waals surface area contributed by atoms with Gasteiger partial charge in [-0.2, -0.15) is 0 Å². The van der Waals surface area contributed by atoms with E-state index in [1.165, 1.54) is 5.57 Å². The first-order valence-electron chi connectivity index (χ1n) is 5.08. The minimum absolute atomic E-state index is 0.141. The molecular weight excluding hydrogens is 180 g/mol. The third-order valence-corrected chi connectivity index (χ3v) is 3.21. The molecule has 2 aliphatic rings.